The maximum atomic E-state index is 13.1. The lowest BCUT2D eigenvalue weighted by Gasteiger charge is -2.07. The molecule has 0 saturated heterocycles. The van der Waals surface area contributed by atoms with E-state index in [1.54, 1.807) is 19.4 Å². The number of aromatic nitrogens is 2. The average Bonchev–Trinajstić information content (AvgIpc) is 2.59. The van der Waals surface area contributed by atoms with Crippen LogP contribution in [0, 0.1) is 11.3 Å². The second-order valence-electron chi connectivity index (χ2n) is 4.57. The Hall–Kier alpha value is -2.58. The van der Waals surface area contributed by atoms with Gasteiger partial charge in [0.25, 0.3) is 0 Å². The summed E-state index contributed by atoms with van der Waals surface area (Å²) in [6.45, 7) is 0.332. The first-order valence-electron chi connectivity index (χ1n) is 6.84. The van der Waals surface area contributed by atoms with E-state index in [9.17, 15) is 4.39 Å². The van der Waals surface area contributed by atoms with Crippen molar-refractivity contribution in [3.05, 3.63) is 58.9 Å². The largest absolute Gasteiger partial charge is 0.457 e. The zero-order chi connectivity index (χ0) is 17.4. The van der Waals surface area contributed by atoms with Crippen molar-refractivity contribution in [3.8, 4) is 6.01 Å². The van der Waals surface area contributed by atoms with Gasteiger partial charge < -0.3 is 14.8 Å². The summed E-state index contributed by atoms with van der Waals surface area (Å²) in [6.07, 6.45) is 3.01. The molecule has 0 radical (unpaired) electrons. The second kappa shape index (κ2) is 8.90. The van der Waals surface area contributed by atoms with Gasteiger partial charge in [0.1, 0.15) is 18.1 Å². The predicted molar refractivity (Wildman–Crippen MR) is 86.5 cm³/mol. The lowest BCUT2D eigenvalue weighted by atomic mass is 10.3. The van der Waals surface area contributed by atoms with E-state index in [2.05, 4.69) is 20.4 Å². The fourth-order valence-corrected chi connectivity index (χ4v) is 1.85. The number of hydrogen-bond acceptors (Lipinski definition) is 7. The molecule has 0 aliphatic carbocycles. The second-order valence-corrected chi connectivity index (χ2v) is 4.98. The zero-order valence-corrected chi connectivity index (χ0v) is 13.5. The van der Waals surface area contributed by atoms with Crippen LogP contribution in [0.4, 0.5) is 10.1 Å². The highest BCUT2D eigenvalue weighted by atomic mass is 35.5. The van der Waals surface area contributed by atoms with Gasteiger partial charge in [0.05, 0.1) is 17.3 Å². The molecule has 0 saturated carbocycles. The Balaban J connectivity index is 1.97. The van der Waals surface area contributed by atoms with Crippen LogP contribution < -0.4 is 10.1 Å². The molecular formula is C15H15ClFN5O2. The number of methoxy groups -OCH3 is 1. The van der Waals surface area contributed by atoms with Crippen LogP contribution in [-0.4, -0.2) is 23.7 Å². The van der Waals surface area contributed by atoms with Gasteiger partial charge in [0, 0.05) is 25.2 Å². The third kappa shape index (κ3) is 5.25. The van der Waals surface area contributed by atoms with Gasteiger partial charge in [0.15, 0.2) is 0 Å². The van der Waals surface area contributed by atoms with E-state index < -0.39 is 5.82 Å². The van der Waals surface area contributed by atoms with E-state index in [4.69, 9.17) is 26.6 Å². The number of halogens is 2. The standard InChI is InChI=1S/C15H15ClFN5O2/c1-23-8-11-4-5-19-15(21-11)24-9-12(22-18)7-20-10-2-3-14(17)13(16)6-10/h2-7,18,20H,8-9H2,1H3/b12-7-,22-18?. The minimum atomic E-state index is -0.506. The summed E-state index contributed by atoms with van der Waals surface area (Å²) in [6, 6.07) is 6.04. The molecule has 0 fully saturated rings. The van der Waals surface area contributed by atoms with E-state index in [1.165, 1.54) is 24.4 Å². The molecule has 126 valence electrons. The fraction of sp³-hybridized carbons (Fsp3) is 0.200. The molecule has 1 heterocycles. The van der Waals surface area contributed by atoms with Crippen LogP contribution in [-0.2, 0) is 11.3 Å². The normalized spacial score (nSPS) is 11.2. The molecule has 0 atom stereocenters. The Bertz CT molecular complexity index is 742. The zero-order valence-electron chi connectivity index (χ0n) is 12.8. The highest BCUT2D eigenvalue weighted by Crippen LogP contribution is 2.19. The first kappa shape index (κ1) is 17.8. The smallest absolute Gasteiger partial charge is 0.317 e. The molecule has 0 amide bonds. The maximum Gasteiger partial charge on any atom is 0.317 e. The van der Waals surface area contributed by atoms with Gasteiger partial charge in [0.2, 0.25) is 0 Å². The van der Waals surface area contributed by atoms with E-state index in [0.29, 0.717) is 18.0 Å². The molecule has 0 spiro atoms. The Morgan fingerprint density at radius 3 is 3.00 bits per heavy atom. The van der Waals surface area contributed by atoms with Gasteiger partial charge in [-0.3, -0.25) is 0 Å². The van der Waals surface area contributed by atoms with Crippen molar-refractivity contribution in [2.75, 3.05) is 19.0 Å². The summed E-state index contributed by atoms with van der Waals surface area (Å²) in [5.41, 5.74) is 8.69. The lowest BCUT2D eigenvalue weighted by Crippen LogP contribution is -2.05. The molecule has 2 N–H and O–H groups in total. The minimum absolute atomic E-state index is 0.00243. The van der Waals surface area contributed by atoms with Crippen LogP contribution in [0.25, 0.3) is 0 Å². The van der Waals surface area contributed by atoms with Gasteiger partial charge in [-0.05, 0) is 24.3 Å². The van der Waals surface area contributed by atoms with Gasteiger partial charge in [-0.15, -0.1) is 0 Å². The van der Waals surface area contributed by atoms with Crippen LogP contribution >= 0.6 is 11.6 Å². The minimum Gasteiger partial charge on any atom is -0.457 e. The number of anilines is 1. The predicted octanol–water partition coefficient (Wildman–Crippen LogP) is 3.78. The van der Waals surface area contributed by atoms with Crippen LogP contribution in [0.5, 0.6) is 6.01 Å². The lowest BCUT2D eigenvalue weighted by molar-refractivity contribution is 0.180. The van der Waals surface area contributed by atoms with Gasteiger partial charge in [-0.1, -0.05) is 11.6 Å². The third-order valence-electron chi connectivity index (χ3n) is 2.80. The van der Waals surface area contributed by atoms with Crippen molar-refractivity contribution in [1.82, 2.24) is 9.97 Å². The number of rotatable bonds is 8. The molecule has 7 nitrogen and oxygen atoms in total. The van der Waals surface area contributed by atoms with Crippen molar-refractivity contribution in [1.29, 1.82) is 5.53 Å². The number of hydrogen-bond donors (Lipinski definition) is 2. The third-order valence-corrected chi connectivity index (χ3v) is 3.09. The van der Waals surface area contributed by atoms with Gasteiger partial charge in [-0.25, -0.2) is 14.9 Å². The summed E-state index contributed by atoms with van der Waals surface area (Å²) >= 11 is 5.70. The fourth-order valence-electron chi connectivity index (χ4n) is 1.67. The highest BCUT2D eigenvalue weighted by molar-refractivity contribution is 6.31. The maximum absolute atomic E-state index is 13.1. The van der Waals surface area contributed by atoms with Crippen LogP contribution in [0.1, 0.15) is 5.69 Å². The first-order chi connectivity index (χ1) is 11.6. The van der Waals surface area contributed by atoms with Crippen molar-refractivity contribution in [2.24, 2.45) is 5.11 Å². The average molecular weight is 352 g/mol. The molecule has 2 rings (SSSR count). The number of ether oxygens (including phenoxy) is 2. The molecule has 0 aliphatic heterocycles. The topological polar surface area (TPSA) is 92.5 Å². The monoisotopic (exact) mass is 351 g/mol. The molecule has 9 heteroatoms. The summed E-state index contributed by atoms with van der Waals surface area (Å²) in [5.74, 6) is -0.506. The van der Waals surface area contributed by atoms with Gasteiger partial charge in [-0.2, -0.15) is 10.1 Å². The molecular weight excluding hydrogens is 337 g/mol. The van der Waals surface area contributed by atoms with Crippen LogP contribution in [0.3, 0.4) is 0 Å². The van der Waals surface area contributed by atoms with Crippen molar-refractivity contribution in [2.45, 2.75) is 6.61 Å². The summed E-state index contributed by atoms with van der Waals surface area (Å²) in [7, 11) is 1.57. The molecule has 0 aliphatic rings. The quantitative estimate of drug-likeness (QED) is 0.706. The van der Waals surface area contributed by atoms with Crippen LogP contribution in [0.15, 0.2) is 47.5 Å². The summed E-state index contributed by atoms with van der Waals surface area (Å²) in [4.78, 5) is 8.11. The summed E-state index contributed by atoms with van der Waals surface area (Å²) in [5, 5.41) is 6.21. The molecule has 2 aromatic rings. The van der Waals surface area contributed by atoms with E-state index in [1.807, 2.05) is 0 Å². The molecule has 24 heavy (non-hydrogen) atoms. The van der Waals surface area contributed by atoms with E-state index in [-0.39, 0.29) is 23.3 Å². The highest BCUT2D eigenvalue weighted by Gasteiger charge is 2.04. The van der Waals surface area contributed by atoms with E-state index >= 15 is 0 Å². The Kier molecular flexibility index (Phi) is 6.59. The number of nitrogens with one attached hydrogen (secondary N) is 2. The van der Waals surface area contributed by atoms with E-state index in [0.717, 1.165) is 0 Å². The Morgan fingerprint density at radius 2 is 2.29 bits per heavy atom. The Morgan fingerprint density at radius 1 is 1.46 bits per heavy atom. The molecule has 1 aromatic heterocycles. The van der Waals surface area contributed by atoms with Crippen molar-refractivity contribution in [3.63, 3.8) is 0 Å². The molecule has 0 unspecified atom stereocenters. The number of benzene rings is 1. The summed E-state index contributed by atoms with van der Waals surface area (Å²) < 4.78 is 23.5. The molecule has 1 aromatic carbocycles. The molecule has 0 bridgehead atoms. The first-order valence-corrected chi connectivity index (χ1v) is 7.22. The SMILES string of the molecule is COCc1ccnc(OC/C(=C/Nc2ccc(F)c(Cl)c2)N=N)n1. The van der Waals surface area contributed by atoms with Gasteiger partial charge >= 0.3 is 6.01 Å². The van der Waals surface area contributed by atoms with Crippen molar-refractivity contribution >= 4 is 17.3 Å². The van der Waals surface area contributed by atoms with Crippen LogP contribution in [0.2, 0.25) is 5.02 Å². The van der Waals surface area contributed by atoms with Crippen molar-refractivity contribution < 1.29 is 13.9 Å². The number of nitrogens with zero attached hydrogens (tertiary/aromatic N) is 3. The Labute approximate surface area is 143 Å².